The van der Waals surface area contributed by atoms with Crippen molar-refractivity contribution in [2.45, 2.75) is 20.3 Å². The van der Waals surface area contributed by atoms with Gasteiger partial charge in [0.05, 0.1) is 12.4 Å². The van der Waals surface area contributed by atoms with Gasteiger partial charge in [-0.25, -0.2) is 9.97 Å². The number of carbonyl (C=O) groups is 1. The van der Waals surface area contributed by atoms with E-state index in [4.69, 9.17) is 0 Å². The van der Waals surface area contributed by atoms with Crippen LogP contribution in [0.5, 0.6) is 0 Å². The molecule has 1 heterocycles. The van der Waals surface area contributed by atoms with Crippen LogP contribution in [0.3, 0.4) is 0 Å². The van der Waals surface area contributed by atoms with Crippen molar-refractivity contribution >= 4 is 33.3 Å². The maximum atomic E-state index is 11.7. The zero-order chi connectivity index (χ0) is 15.2. The number of carbonyl (C=O) groups excluding carboxylic acids is 1. The number of nitrogens with one attached hydrogen (secondary N) is 2. The second-order valence-corrected chi connectivity index (χ2v) is 5.49. The number of halogens is 1. The van der Waals surface area contributed by atoms with Crippen LogP contribution in [0.2, 0.25) is 0 Å². The fourth-order valence-corrected chi connectivity index (χ4v) is 1.96. The molecule has 0 spiro atoms. The SMILES string of the molecule is CCCNC(=O)c1cnc(Nc2ccc(Br)c(C)c2)cn1. The molecule has 5 nitrogen and oxygen atoms in total. The van der Waals surface area contributed by atoms with Crippen LogP contribution in [0.1, 0.15) is 29.4 Å². The molecule has 0 unspecified atom stereocenters. The topological polar surface area (TPSA) is 66.9 Å². The molecule has 0 saturated heterocycles. The Kier molecular flexibility index (Phi) is 5.27. The van der Waals surface area contributed by atoms with E-state index in [0.717, 1.165) is 22.1 Å². The third kappa shape index (κ3) is 4.26. The second kappa shape index (κ2) is 7.17. The van der Waals surface area contributed by atoms with Crippen molar-refractivity contribution in [2.75, 3.05) is 11.9 Å². The number of anilines is 2. The van der Waals surface area contributed by atoms with Crippen molar-refractivity contribution in [1.82, 2.24) is 15.3 Å². The molecule has 0 bridgehead atoms. The molecule has 2 aromatic rings. The molecule has 1 amide bonds. The first-order valence-electron chi connectivity index (χ1n) is 6.73. The fraction of sp³-hybridized carbons (Fsp3) is 0.267. The average Bonchev–Trinajstić information content (AvgIpc) is 2.49. The van der Waals surface area contributed by atoms with E-state index in [0.29, 0.717) is 18.1 Å². The van der Waals surface area contributed by atoms with Crippen molar-refractivity contribution in [3.8, 4) is 0 Å². The highest BCUT2D eigenvalue weighted by Crippen LogP contribution is 2.21. The van der Waals surface area contributed by atoms with Crippen LogP contribution in [0.25, 0.3) is 0 Å². The number of hydrogen-bond acceptors (Lipinski definition) is 4. The first-order chi connectivity index (χ1) is 10.1. The van der Waals surface area contributed by atoms with Gasteiger partial charge in [0.25, 0.3) is 5.91 Å². The quantitative estimate of drug-likeness (QED) is 0.868. The zero-order valence-electron chi connectivity index (χ0n) is 12.0. The molecule has 0 radical (unpaired) electrons. The molecule has 0 fully saturated rings. The van der Waals surface area contributed by atoms with Gasteiger partial charge in [0.1, 0.15) is 11.5 Å². The van der Waals surface area contributed by atoms with Crippen LogP contribution in [-0.2, 0) is 0 Å². The predicted octanol–water partition coefficient (Wildman–Crippen LogP) is 3.43. The molecule has 110 valence electrons. The number of amides is 1. The van der Waals surface area contributed by atoms with Crippen LogP contribution >= 0.6 is 15.9 Å². The Morgan fingerprint density at radius 2 is 2.10 bits per heavy atom. The first-order valence-corrected chi connectivity index (χ1v) is 7.53. The van der Waals surface area contributed by atoms with Gasteiger partial charge in [-0.2, -0.15) is 0 Å². The summed E-state index contributed by atoms with van der Waals surface area (Å²) in [7, 11) is 0. The predicted molar refractivity (Wildman–Crippen MR) is 86.8 cm³/mol. The molecule has 6 heteroatoms. The smallest absolute Gasteiger partial charge is 0.271 e. The van der Waals surface area contributed by atoms with Gasteiger partial charge >= 0.3 is 0 Å². The van der Waals surface area contributed by atoms with E-state index in [9.17, 15) is 4.79 Å². The van der Waals surface area contributed by atoms with Gasteiger partial charge in [-0.3, -0.25) is 4.79 Å². The molecule has 2 N–H and O–H groups in total. The lowest BCUT2D eigenvalue weighted by Gasteiger charge is -2.08. The molecule has 0 aliphatic heterocycles. The van der Waals surface area contributed by atoms with Gasteiger partial charge in [-0.1, -0.05) is 22.9 Å². The molecule has 1 aromatic carbocycles. The molecule has 2 rings (SSSR count). The van der Waals surface area contributed by atoms with E-state index >= 15 is 0 Å². The minimum absolute atomic E-state index is 0.199. The summed E-state index contributed by atoms with van der Waals surface area (Å²) >= 11 is 3.46. The maximum Gasteiger partial charge on any atom is 0.271 e. The molecule has 21 heavy (non-hydrogen) atoms. The van der Waals surface area contributed by atoms with Crippen LogP contribution in [0.4, 0.5) is 11.5 Å². The highest BCUT2D eigenvalue weighted by Gasteiger charge is 2.07. The van der Waals surface area contributed by atoms with Crippen LogP contribution in [0, 0.1) is 6.92 Å². The summed E-state index contributed by atoms with van der Waals surface area (Å²) in [6.45, 7) is 4.65. The fourth-order valence-electron chi connectivity index (χ4n) is 1.71. The number of benzene rings is 1. The Morgan fingerprint density at radius 1 is 1.29 bits per heavy atom. The summed E-state index contributed by atoms with van der Waals surface area (Å²) in [5.41, 5.74) is 2.37. The standard InChI is InChI=1S/C15H17BrN4O/c1-3-6-17-15(21)13-8-19-14(9-18-13)20-11-4-5-12(16)10(2)7-11/h4-5,7-9H,3,6H2,1-2H3,(H,17,21)(H,19,20). The van der Waals surface area contributed by atoms with Crippen LogP contribution in [0.15, 0.2) is 35.1 Å². The van der Waals surface area contributed by atoms with Gasteiger partial charge in [-0.15, -0.1) is 0 Å². The maximum absolute atomic E-state index is 11.7. The minimum Gasteiger partial charge on any atom is -0.351 e. The largest absolute Gasteiger partial charge is 0.351 e. The van der Waals surface area contributed by atoms with Crippen LogP contribution in [-0.4, -0.2) is 22.4 Å². The van der Waals surface area contributed by atoms with Crippen molar-refractivity contribution in [3.63, 3.8) is 0 Å². The number of aryl methyl sites for hydroxylation is 1. The van der Waals surface area contributed by atoms with Crippen LogP contribution < -0.4 is 10.6 Å². The lowest BCUT2D eigenvalue weighted by Crippen LogP contribution is -2.25. The molecule has 0 saturated carbocycles. The monoisotopic (exact) mass is 348 g/mol. The molecular formula is C15H17BrN4O. The normalized spacial score (nSPS) is 10.2. The molecule has 0 aliphatic rings. The molecule has 0 aliphatic carbocycles. The van der Waals surface area contributed by atoms with Gasteiger partial charge in [0.15, 0.2) is 0 Å². The highest BCUT2D eigenvalue weighted by molar-refractivity contribution is 9.10. The van der Waals surface area contributed by atoms with Gasteiger partial charge < -0.3 is 10.6 Å². The first kappa shape index (κ1) is 15.4. The average molecular weight is 349 g/mol. The Hall–Kier alpha value is -1.95. The second-order valence-electron chi connectivity index (χ2n) is 4.63. The Bertz CT molecular complexity index is 628. The summed E-state index contributed by atoms with van der Waals surface area (Å²) in [5, 5.41) is 5.92. The lowest BCUT2D eigenvalue weighted by atomic mass is 10.2. The third-order valence-corrected chi connectivity index (χ3v) is 3.74. The van der Waals surface area contributed by atoms with Gasteiger partial charge in [0.2, 0.25) is 0 Å². The van der Waals surface area contributed by atoms with E-state index in [-0.39, 0.29) is 5.91 Å². The van der Waals surface area contributed by atoms with Crippen molar-refractivity contribution < 1.29 is 4.79 Å². The minimum atomic E-state index is -0.199. The van der Waals surface area contributed by atoms with Crippen molar-refractivity contribution in [2.24, 2.45) is 0 Å². The lowest BCUT2D eigenvalue weighted by molar-refractivity contribution is 0.0948. The Balaban J connectivity index is 2.05. The number of nitrogens with zero attached hydrogens (tertiary/aromatic N) is 2. The summed E-state index contributed by atoms with van der Waals surface area (Å²) in [4.78, 5) is 20.0. The zero-order valence-corrected chi connectivity index (χ0v) is 13.6. The Morgan fingerprint density at radius 3 is 2.71 bits per heavy atom. The number of aromatic nitrogens is 2. The van der Waals surface area contributed by atoms with Gasteiger partial charge in [-0.05, 0) is 37.1 Å². The highest BCUT2D eigenvalue weighted by atomic mass is 79.9. The summed E-state index contributed by atoms with van der Waals surface area (Å²) in [6.07, 6.45) is 3.92. The Labute approximate surface area is 132 Å². The molecule has 0 atom stereocenters. The molecule has 1 aromatic heterocycles. The van der Waals surface area contributed by atoms with Gasteiger partial charge in [0, 0.05) is 16.7 Å². The van der Waals surface area contributed by atoms with Crippen molar-refractivity contribution in [3.05, 3.63) is 46.3 Å². The van der Waals surface area contributed by atoms with E-state index in [1.807, 2.05) is 32.0 Å². The third-order valence-electron chi connectivity index (χ3n) is 2.85. The summed E-state index contributed by atoms with van der Waals surface area (Å²) in [6, 6.07) is 5.92. The van der Waals surface area contributed by atoms with E-state index in [1.165, 1.54) is 6.20 Å². The van der Waals surface area contributed by atoms with E-state index in [1.54, 1.807) is 6.20 Å². The van der Waals surface area contributed by atoms with E-state index < -0.39 is 0 Å². The van der Waals surface area contributed by atoms with Crippen molar-refractivity contribution in [1.29, 1.82) is 0 Å². The summed E-state index contributed by atoms with van der Waals surface area (Å²) < 4.78 is 1.06. The molecular weight excluding hydrogens is 332 g/mol. The number of rotatable bonds is 5. The van der Waals surface area contributed by atoms with E-state index in [2.05, 4.69) is 36.5 Å². The summed E-state index contributed by atoms with van der Waals surface area (Å²) in [5.74, 6) is 0.402. The number of hydrogen-bond donors (Lipinski definition) is 2.